The van der Waals surface area contributed by atoms with Crippen LogP contribution in [0.2, 0.25) is 0 Å². The van der Waals surface area contributed by atoms with Crippen molar-refractivity contribution in [2.24, 2.45) is 5.92 Å². The van der Waals surface area contributed by atoms with Crippen molar-refractivity contribution in [3.05, 3.63) is 29.8 Å². The summed E-state index contributed by atoms with van der Waals surface area (Å²) in [7, 11) is 0. The SMILES string of the molecule is CC(=O)c1ccccc1NC(=O)CN1CC(C)OC(C2CC2)C1. The van der Waals surface area contributed by atoms with Gasteiger partial charge in [-0.2, -0.15) is 0 Å². The molecule has 5 heteroatoms. The van der Waals surface area contributed by atoms with Crippen molar-refractivity contribution < 1.29 is 14.3 Å². The Balaban J connectivity index is 1.59. The highest BCUT2D eigenvalue weighted by molar-refractivity contribution is 6.04. The topological polar surface area (TPSA) is 58.6 Å². The van der Waals surface area contributed by atoms with Crippen LogP contribution in [0, 0.1) is 5.92 Å². The second-order valence-corrected chi connectivity index (χ2v) is 6.67. The number of benzene rings is 1. The molecule has 23 heavy (non-hydrogen) atoms. The van der Waals surface area contributed by atoms with Crippen molar-refractivity contribution in [1.29, 1.82) is 0 Å². The minimum atomic E-state index is -0.0812. The average Bonchev–Trinajstić information content (AvgIpc) is 3.31. The normalized spacial score (nSPS) is 25.1. The van der Waals surface area contributed by atoms with Gasteiger partial charge in [0.15, 0.2) is 5.78 Å². The molecule has 5 nitrogen and oxygen atoms in total. The molecule has 124 valence electrons. The molecule has 2 atom stereocenters. The second kappa shape index (κ2) is 6.81. The van der Waals surface area contributed by atoms with E-state index in [0.29, 0.717) is 23.7 Å². The number of nitrogens with one attached hydrogen (secondary N) is 1. The fourth-order valence-corrected chi connectivity index (χ4v) is 3.23. The Labute approximate surface area is 137 Å². The van der Waals surface area contributed by atoms with Crippen LogP contribution in [0.3, 0.4) is 0 Å². The Hall–Kier alpha value is -1.72. The molecule has 2 aliphatic rings. The van der Waals surface area contributed by atoms with Gasteiger partial charge in [-0.25, -0.2) is 0 Å². The van der Waals surface area contributed by atoms with Gasteiger partial charge in [-0.3, -0.25) is 14.5 Å². The number of ether oxygens (including phenoxy) is 1. The Morgan fingerprint density at radius 1 is 1.26 bits per heavy atom. The van der Waals surface area contributed by atoms with E-state index < -0.39 is 0 Å². The van der Waals surface area contributed by atoms with Gasteiger partial charge in [0.1, 0.15) is 0 Å². The number of para-hydroxylation sites is 1. The van der Waals surface area contributed by atoms with E-state index in [2.05, 4.69) is 17.1 Å². The number of anilines is 1. The zero-order chi connectivity index (χ0) is 16.4. The van der Waals surface area contributed by atoms with E-state index in [1.807, 2.05) is 6.07 Å². The van der Waals surface area contributed by atoms with Gasteiger partial charge >= 0.3 is 0 Å². The highest BCUT2D eigenvalue weighted by atomic mass is 16.5. The van der Waals surface area contributed by atoms with E-state index in [1.54, 1.807) is 18.2 Å². The lowest BCUT2D eigenvalue weighted by molar-refractivity contribution is -0.122. The van der Waals surface area contributed by atoms with Gasteiger partial charge in [-0.1, -0.05) is 12.1 Å². The van der Waals surface area contributed by atoms with E-state index in [4.69, 9.17) is 4.74 Å². The molecule has 0 aromatic heterocycles. The molecule has 2 fully saturated rings. The van der Waals surface area contributed by atoms with E-state index in [0.717, 1.165) is 13.1 Å². The number of ketones is 1. The first kappa shape index (κ1) is 16.1. The number of hydrogen-bond donors (Lipinski definition) is 1. The van der Waals surface area contributed by atoms with Gasteiger partial charge in [0.05, 0.1) is 24.4 Å². The number of amides is 1. The minimum absolute atomic E-state index is 0.0466. The molecule has 0 bridgehead atoms. The van der Waals surface area contributed by atoms with Gasteiger partial charge in [-0.05, 0) is 44.7 Å². The van der Waals surface area contributed by atoms with Crippen LogP contribution >= 0.6 is 0 Å². The van der Waals surface area contributed by atoms with Gasteiger partial charge in [-0.15, -0.1) is 0 Å². The van der Waals surface area contributed by atoms with Crippen molar-refractivity contribution in [3.63, 3.8) is 0 Å². The largest absolute Gasteiger partial charge is 0.372 e. The summed E-state index contributed by atoms with van der Waals surface area (Å²) >= 11 is 0. The van der Waals surface area contributed by atoms with Crippen LogP contribution in [0.5, 0.6) is 0 Å². The number of carbonyl (C=O) groups is 2. The lowest BCUT2D eigenvalue weighted by atomic mass is 10.1. The smallest absolute Gasteiger partial charge is 0.238 e. The molecule has 1 aromatic rings. The predicted molar refractivity (Wildman–Crippen MR) is 88.6 cm³/mol. The van der Waals surface area contributed by atoms with Gasteiger partial charge in [0, 0.05) is 18.7 Å². The van der Waals surface area contributed by atoms with E-state index in [9.17, 15) is 9.59 Å². The first-order chi connectivity index (χ1) is 11.0. The summed E-state index contributed by atoms with van der Waals surface area (Å²) in [4.78, 5) is 26.1. The number of morpholine rings is 1. The fraction of sp³-hybridized carbons (Fsp3) is 0.556. The van der Waals surface area contributed by atoms with Crippen LogP contribution < -0.4 is 5.32 Å². The van der Waals surface area contributed by atoms with E-state index in [-0.39, 0.29) is 23.9 Å². The number of hydrogen-bond acceptors (Lipinski definition) is 4. The minimum Gasteiger partial charge on any atom is -0.372 e. The Morgan fingerprint density at radius 3 is 2.70 bits per heavy atom. The third kappa shape index (κ3) is 4.18. The van der Waals surface area contributed by atoms with Crippen LogP contribution in [-0.2, 0) is 9.53 Å². The molecular formula is C18H24N2O3. The summed E-state index contributed by atoms with van der Waals surface area (Å²) < 4.78 is 5.97. The molecule has 3 rings (SSSR count). The summed E-state index contributed by atoms with van der Waals surface area (Å²) in [6.45, 7) is 5.49. The third-order valence-electron chi connectivity index (χ3n) is 4.46. The quantitative estimate of drug-likeness (QED) is 0.847. The lowest BCUT2D eigenvalue weighted by Gasteiger charge is -2.36. The Morgan fingerprint density at radius 2 is 2.00 bits per heavy atom. The van der Waals surface area contributed by atoms with Gasteiger partial charge in [0.2, 0.25) is 5.91 Å². The zero-order valence-corrected chi connectivity index (χ0v) is 13.7. The number of nitrogens with zero attached hydrogens (tertiary/aromatic N) is 1. The number of carbonyl (C=O) groups excluding carboxylic acids is 2. The fourth-order valence-electron chi connectivity index (χ4n) is 3.23. The average molecular weight is 316 g/mol. The molecule has 1 saturated carbocycles. The molecule has 1 aliphatic heterocycles. The van der Waals surface area contributed by atoms with E-state index >= 15 is 0 Å². The van der Waals surface area contributed by atoms with Crippen molar-refractivity contribution in [1.82, 2.24) is 4.90 Å². The Kier molecular flexibility index (Phi) is 4.78. The summed E-state index contributed by atoms with van der Waals surface area (Å²) in [6, 6.07) is 7.12. The van der Waals surface area contributed by atoms with Crippen LogP contribution in [0.15, 0.2) is 24.3 Å². The number of rotatable bonds is 5. The predicted octanol–water partition coefficient (Wildman–Crippen LogP) is 2.33. The summed E-state index contributed by atoms with van der Waals surface area (Å²) in [5.41, 5.74) is 1.14. The highest BCUT2D eigenvalue weighted by Gasteiger charge is 2.37. The molecule has 1 aromatic carbocycles. The molecule has 0 spiro atoms. The molecule has 2 unspecified atom stereocenters. The van der Waals surface area contributed by atoms with Crippen molar-refractivity contribution >= 4 is 17.4 Å². The first-order valence-corrected chi connectivity index (χ1v) is 8.30. The summed E-state index contributed by atoms with van der Waals surface area (Å²) in [5, 5.41) is 2.87. The second-order valence-electron chi connectivity index (χ2n) is 6.67. The standard InChI is InChI=1S/C18H24N2O3/c1-12-9-20(10-17(23-12)14-7-8-14)11-18(22)19-16-6-4-3-5-15(16)13(2)21/h3-6,12,14,17H,7-11H2,1-2H3,(H,19,22). The number of Topliss-reactive ketones (excluding diaryl/α,β-unsaturated/α-hetero) is 1. The summed E-state index contributed by atoms with van der Waals surface area (Å²) in [5.74, 6) is 0.541. The van der Waals surface area contributed by atoms with Crippen molar-refractivity contribution in [2.75, 3.05) is 25.0 Å². The van der Waals surface area contributed by atoms with Crippen molar-refractivity contribution in [2.45, 2.75) is 38.9 Å². The maximum absolute atomic E-state index is 12.3. The lowest BCUT2D eigenvalue weighted by Crippen LogP contribution is -2.49. The highest BCUT2D eigenvalue weighted by Crippen LogP contribution is 2.36. The van der Waals surface area contributed by atoms with Gasteiger partial charge < -0.3 is 10.1 Å². The van der Waals surface area contributed by atoms with Crippen molar-refractivity contribution in [3.8, 4) is 0 Å². The molecule has 1 saturated heterocycles. The third-order valence-corrected chi connectivity index (χ3v) is 4.46. The summed E-state index contributed by atoms with van der Waals surface area (Å²) in [6.07, 6.45) is 2.90. The van der Waals surface area contributed by atoms with E-state index in [1.165, 1.54) is 19.8 Å². The molecular weight excluding hydrogens is 292 g/mol. The molecule has 1 heterocycles. The molecule has 1 N–H and O–H groups in total. The van der Waals surface area contributed by atoms with Crippen LogP contribution in [0.25, 0.3) is 0 Å². The first-order valence-electron chi connectivity index (χ1n) is 8.30. The monoisotopic (exact) mass is 316 g/mol. The van der Waals surface area contributed by atoms with Crippen LogP contribution in [0.4, 0.5) is 5.69 Å². The Bertz CT molecular complexity index is 598. The maximum Gasteiger partial charge on any atom is 0.238 e. The molecule has 1 aliphatic carbocycles. The molecule has 1 amide bonds. The van der Waals surface area contributed by atoms with Crippen LogP contribution in [0.1, 0.15) is 37.0 Å². The zero-order valence-electron chi connectivity index (χ0n) is 13.7. The molecule has 0 radical (unpaired) electrons. The maximum atomic E-state index is 12.3. The van der Waals surface area contributed by atoms with Gasteiger partial charge in [0.25, 0.3) is 0 Å². The van der Waals surface area contributed by atoms with Crippen LogP contribution in [-0.4, -0.2) is 48.4 Å².